The summed E-state index contributed by atoms with van der Waals surface area (Å²) in [5.74, 6) is 1.65. The van der Waals surface area contributed by atoms with E-state index in [9.17, 15) is 0 Å². The Bertz CT molecular complexity index is 997. The first-order valence-electron chi connectivity index (χ1n) is 8.82. The van der Waals surface area contributed by atoms with Crippen molar-refractivity contribution in [1.82, 2.24) is 15.0 Å². The first-order valence-corrected chi connectivity index (χ1v) is 9.64. The summed E-state index contributed by atoms with van der Waals surface area (Å²) >= 11 is 1.74. The maximum Gasteiger partial charge on any atom is 0.163 e. The van der Waals surface area contributed by atoms with E-state index in [2.05, 4.69) is 47.6 Å². The van der Waals surface area contributed by atoms with Crippen LogP contribution < -0.4 is 5.32 Å². The fourth-order valence-electron chi connectivity index (χ4n) is 2.88. The van der Waals surface area contributed by atoms with Crippen LogP contribution in [-0.2, 0) is 12.8 Å². The smallest absolute Gasteiger partial charge is 0.163 e. The van der Waals surface area contributed by atoms with Crippen molar-refractivity contribution in [2.45, 2.75) is 19.8 Å². The maximum absolute atomic E-state index is 4.81. The van der Waals surface area contributed by atoms with Gasteiger partial charge in [-0.15, -0.1) is 11.3 Å². The molecule has 26 heavy (non-hydrogen) atoms. The first kappa shape index (κ1) is 16.7. The van der Waals surface area contributed by atoms with Crippen LogP contribution in [0, 0.1) is 0 Å². The molecule has 0 bridgehead atoms. The zero-order valence-electron chi connectivity index (χ0n) is 14.6. The third kappa shape index (κ3) is 3.58. The van der Waals surface area contributed by atoms with E-state index in [1.807, 2.05) is 18.2 Å². The molecule has 3 heterocycles. The second-order valence-electron chi connectivity index (χ2n) is 6.08. The van der Waals surface area contributed by atoms with Crippen LogP contribution in [0.3, 0.4) is 0 Å². The number of fused-ring (bicyclic) bond motifs is 1. The fraction of sp³-hybridized carbons (Fsp3) is 0.190. The Morgan fingerprint density at radius 3 is 2.58 bits per heavy atom. The van der Waals surface area contributed by atoms with E-state index in [4.69, 9.17) is 9.97 Å². The molecule has 4 nitrogen and oxygen atoms in total. The Morgan fingerprint density at radius 2 is 1.81 bits per heavy atom. The average molecular weight is 360 g/mol. The number of anilines is 1. The Kier molecular flexibility index (Phi) is 4.88. The number of rotatable bonds is 6. The number of nitrogens with one attached hydrogen (secondary N) is 1. The van der Waals surface area contributed by atoms with Crippen LogP contribution in [0.15, 0.2) is 60.9 Å². The molecule has 0 fully saturated rings. The summed E-state index contributed by atoms with van der Waals surface area (Å²) in [7, 11) is 0. The fourth-order valence-corrected chi connectivity index (χ4v) is 3.85. The molecule has 130 valence electrons. The topological polar surface area (TPSA) is 50.7 Å². The van der Waals surface area contributed by atoms with E-state index in [0.717, 1.165) is 46.8 Å². The third-order valence-electron chi connectivity index (χ3n) is 4.28. The zero-order valence-corrected chi connectivity index (χ0v) is 15.5. The van der Waals surface area contributed by atoms with Gasteiger partial charge in [0.2, 0.25) is 0 Å². The number of benzene rings is 1. The molecule has 0 aliphatic heterocycles. The summed E-state index contributed by atoms with van der Waals surface area (Å²) in [6.45, 7) is 3.01. The van der Waals surface area contributed by atoms with E-state index in [0.29, 0.717) is 0 Å². The van der Waals surface area contributed by atoms with Crippen LogP contribution >= 0.6 is 11.3 Å². The molecule has 0 saturated carbocycles. The van der Waals surface area contributed by atoms with Crippen molar-refractivity contribution in [2.24, 2.45) is 0 Å². The second-order valence-corrected chi connectivity index (χ2v) is 7.19. The van der Waals surface area contributed by atoms with E-state index < -0.39 is 0 Å². The maximum atomic E-state index is 4.81. The summed E-state index contributed by atoms with van der Waals surface area (Å²) in [4.78, 5) is 16.0. The molecular weight excluding hydrogens is 340 g/mol. The van der Waals surface area contributed by atoms with Gasteiger partial charge in [0.25, 0.3) is 0 Å². The molecule has 4 aromatic rings. The monoisotopic (exact) mass is 360 g/mol. The van der Waals surface area contributed by atoms with Crippen LogP contribution in [0.1, 0.15) is 17.4 Å². The molecule has 3 aromatic heterocycles. The minimum Gasteiger partial charge on any atom is -0.369 e. The second kappa shape index (κ2) is 7.62. The van der Waals surface area contributed by atoms with Gasteiger partial charge in [-0.05, 0) is 36.6 Å². The largest absolute Gasteiger partial charge is 0.369 e. The lowest BCUT2D eigenvalue weighted by Gasteiger charge is -2.09. The molecule has 1 N–H and O–H groups in total. The molecule has 4 rings (SSSR count). The van der Waals surface area contributed by atoms with E-state index >= 15 is 0 Å². The van der Waals surface area contributed by atoms with E-state index in [1.165, 1.54) is 10.4 Å². The lowest BCUT2D eigenvalue weighted by Crippen LogP contribution is -2.07. The molecule has 5 heteroatoms. The zero-order chi connectivity index (χ0) is 17.8. The number of thiophene rings is 1. The Hall–Kier alpha value is -2.79. The SMILES string of the molecule is CCc1cc2c(NCCc3ccccc3)nc(-c3ccncc3)nc2s1. The van der Waals surface area contributed by atoms with Crippen molar-refractivity contribution < 1.29 is 0 Å². The Balaban J connectivity index is 1.65. The minimum atomic E-state index is 0.742. The third-order valence-corrected chi connectivity index (χ3v) is 5.45. The van der Waals surface area contributed by atoms with Gasteiger partial charge in [-0.2, -0.15) is 0 Å². The van der Waals surface area contributed by atoms with Crippen molar-refractivity contribution in [3.63, 3.8) is 0 Å². The van der Waals surface area contributed by atoms with Gasteiger partial charge >= 0.3 is 0 Å². The van der Waals surface area contributed by atoms with Crippen LogP contribution in [-0.4, -0.2) is 21.5 Å². The lowest BCUT2D eigenvalue weighted by molar-refractivity contribution is 1.01. The van der Waals surface area contributed by atoms with Crippen molar-refractivity contribution in [3.05, 3.63) is 71.4 Å². The Labute approximate surface area is 157 Å². The molecule has 1 aromatic carbocycles. The van der Waals surface area contributed by atoms with Crippen LogP contribution in [0.5, 0.6) is 0 Å². The van der Waals surface area contributed by atoms with Crippen molar-refractivity contribution in [2.75, 3.05) is 11.9 Å². The molecular formula is C21H20N4S. The van der Waals surface area contributed by atoms with Gasteiger partial charge in [0, 0.05) is 29.4 Å². The van der Waals surface area contributed by atoms with E-state index in [-0.39, 0.29) is 0 Å². The molecule has 0 spiro atoms. The summed E-state index contributed by atoms with van der Waals surface area (Å²) in [5, 5.41) is 4.63. The average Bonchev–Trinajstić information content (AvgIpc) is 3.13. The Morgan fingerprint density at radius 1 is 1.00 bits per heavy atom. The molecule has 0 unspecified atom stereocenters. The summed E-state index contributed by atoms with van der Waals surface area (Å²) in [6.07, 6.45) is 5.52. The highest BCUT2D eigenvalue weighted by Crippen LogP contribution is 2.31. The predicted octanol–water partition coefficient (Wildman–Crippen LogP) is 4.97. The molecule has 0 aliphatic rings. The normalized spacial score (nSPS) is 11.0. The number of hydrogen-bond acceptors (Lipinski definition) is 5. The van der Waals surface area contributed by atoms with Gasteiger partial charge in [0.15, 0.2) is 5.82 Å². The van der Waals surface area contributed by atoms with Crippen molar-refractivity contribution >= 4 is 27.4 Å². The highest BCUT2D eigenvalue weighted by atomic mass is 32.1. The van der Waals surface area contributed by atoms with Gasteiger partial charge < -0.3 is 5.32 Å². The standard InChI is InChI=1S/C21H20N4S/c1-2-17-14-18-20(23-13-8-15-6-4-3-5-7-15)24-19(25-21(18)26-17)16-9-11-22-12-10-16/h3-7,9-12,14H,2,8,13H2,1H3,(H,23,24,25). The van der Waals surface area contributed by atoms with E-state index in [1.54, 1.807) is 23.7 Å². The first-order chi connectivity index (χ1) is 12.8. The highest BCUT2D eigenvalue weighted by Gasteiger charge is 2.12. The molecule has 0 saturated heterocycles. The van der Waals surface area contributed by atoms with Gasteiger partial charge in [0.05, 0.1) is 5.39 Å². The number of nitrogens with zero attached hydrogens (tertiary/aromatic N) is 3. The van der Waals surface area contributed by atoms with Gasteiger partial charge in [-0.25, -0.2) is 9.97 Å². The lowest BCUT2D eigenvalue weighted by atomic mass is 10.1. The number of hydrogen-bond donors (Lipinski definition) is 1. The van der Waals surface area contributed by atoms with Crippen LogP contribution in [0.2, 0.25) is 0 Å². The van der Waals surface area contributed by atoms with Gasteiger partial charge in [-0.1, -0.05) is 37.3 Å². The molecule has 0 aliphatic carbocycles. The number of pyridine rings is 1. The van der Waals surface area contributed by atoms with Gasteiger partial charge in [0.1, 0.15) is 10.6 Å². The summed E-state index contributed by atoms with van der Waals surface area (Å²) in [6, 6.07) is 16.6. The van der Waals surface area contributed by atoms with Crippen molar-refractivity contribution in [1.29, 1.82) is 0 Å². The van der Waals surface area contributed by atoms with Crippen molar-refractivity contribution in [3.8, 4) is 11.4 Å². The summed E-state index contributed by atoms with van der Waals surface area (Å²) < 4.78 is 0. The molecule has 0 radical (unpaired) electrons. The molecule has 0 atom stereocenters. The number of aryl methyl sites for hydroxylation is 1. The minimum absolute atomic E-state index is 0.742. The highest BCUT2D eigenvalue weighted by molar-refractivity contribution is 7.18. The molecule has 0 amide bonds. The summed E-state index contributed by atoms with van der Waals surface area (Å²) in [5.41, 5.74) is 2.30. The quantitative estimate of drug-likeness (QED) is 0.527. The van der Waals surface area contributed by atoms with Crippen LogP contribution in [0.25, 0.3) is 21.6 Å². The number of aromatic nitrogens is 3. The van der Waals surface area contributed by atoms with Gasteiger partial charge in [-0.3, -0.25) is 4.98 Å². The predicted molar refractivity (Wildman–Crippen MR) is 109 cm³/mol. The van der Waals surface area contributed by atoms with Crippen LogP contribution in [0.4, 0.5) is 5.82 Å².